The standard InChI is InChI=1S/C9H16N2O/c1-2-4-6-8(5-3-1)9-11-10-7-12-9/h7-9,11H,1-6H2. The smallest absolute Gasteiger partial charge is 0.195 e. The molecular formula is C9H16N2O. The maximum atomic E-state index is 5.35. The van der Waals surface area contributed by atoms with Gasteiger partial charge in [-0.3, -0.25) is 5.43 Å². The predicted octanol–water partition coefficient (Wildman–Crippen LogP) is 1.85. The van der Waals surface area contributed by atoms with E-state index in [-0.39, 0.29) is 6.23 Å². The molecule has 1 N–H and O–H groups in total. The summed E-state index contributed by atoms with van der Waals surface area (Å²) in [6, 6.07) is 0. The Morgan fingerprint density at radius 2 is 1.92 bits per heavy atom. The van der Waals surface area contributed by atoms with E-state index in [1.54, 1.807) is 0 Å². The average Bonchev–Trinajstić information content (AvgIpc) is 2.48. The summed E-state index contributed by atoms with van der Waals surface area (Å²) in [6.45, 7) is 0. The maximum absolute atomic E-state index is 5.35. The van der Waals surface area contributed by atoms with Crippen LogP contribution in [0.1, 0.15) is 38.5 Å². The van der Waals surface area contributed by atoms with E-state index in [4.69, 9.17) is 4.74 Å². The lowest BCUT2D eigenvalue weighted by atomic mass is 9.99. The van der Waals surface area contributed by atoms with Crippen LogP contribution in [-0.4, -0.2) is 12.6 Å². The molecule has 0 bridgehead atoms. The lowest BCUT2D eigenvalue weighted by Gasteiger charge is -2.19. The third kappa shape index (κ3) is 1.71. The second-order valence-electron chi connectivity index (χ2n) is 3.67. The Labute approximate surface area is 73.2 Å². The molecule has 0 aromatic carbocycles. The van der Waals surface area contributed by atoms with Crippen LogP contribution in [0.5, 0.6) is 0 Å². The molecule has 0 spiro atoms. The monoisotopic (exact) mass is 168 g/mol. The van der Waals surface area contributed by atoms with E-state index in [1.807, 2.05) is 0 Å². The van der Waals surface area contributed by atoms with Crippen LogP contribution in [0.4, 0.5) is 0 Å². The fourth-order valence-corrected chi connectivity index (χ4v) is 2.06. The Morgan fingerprint density at radius 3 is 2.50 bits per heavy atom. The van der Waals surface area contributed by atoms with Crippen LogP contribution < -0.4 is 5.43 Å². The van der Waals surface area contributed by atoms with Crippen LogP contribution in [-0.2, 0) is 4.74 Å². The first-order valence-corrected chi connectivity index (χ1v) is 4.89. The quantitative estimate of drug-likeness (QED) is 0.606. The third-order valence-corrected chi connectivity index (χ3v) is 2.79. The molecule has 1 saturated carbocycles. The van der Waals surface area contributed by atoms with Crippen molar-refractivity contribution in [3.63, 3.8) is 0 Å². The number of hydrogen-bond acceptors (Lipinski definition) is 3. The summed E-state index contributed by atoms with van der Waals surface area (Å²) in [4.78, 5) is 0. The highest BCUT2D eigenvalue weighted by Crippen LogP contribution is 2.26. The topological polar surface area (TPSA) is 33.6 Å². The van der Waals surface area contributed by atoms with E-state index >= 15 is 0 Å². The van der Waals surface area contributed by atoms with Crippen molar-refractivity contribution in [3.05, 3.63) is 0 Å². The first kappa shape index (κ1) is 7.90. The van der Waals surface area contributed by atoms with Gasteiger partial charge < -0.3 is 4.74 Å². The van der Waals surface area contributed by atoms with Crippen molar-refractivity contribution in [1.29, 1.82) is 0 Å². The number of hydrogen-bond donors (Lipinski definition) is 1. The van der Waals surface area contributed by atoms with Gasteiger partial charge in [0.15, 0.2) is 12.6 Å². The zero-order valence-electron chi connectivity index (χ0n) is 7.33. The molecule has 3 heteroatoms. The van der Waals surface area contributed by atoms with Gasteiger partial charge in [-0.05, 0) is 12.8 Å². The van der Waals surface area contributed by atoms with Crippen LogP contribution in [0, 0.1) is 5.92 Å². The minimum Gasteiger partial charge on any atom is -0.457 e. The number of nitrogens with zero attached hydrogens (tertiary/aromatic N) is 1. The first-order valence-electron chi connectivity index (χ1n) is 4.89. The van der Waals surface area contributed by atoms with Crippen LogP contribution in [0.3, 0.4) is 0 Å². The van der Waals surface area contributed by atoms with Gasteiger partial charge in [0.1, 0.15) is 0 Å². The van der Waals surface area contributed by atoms with Gasteiger partial charge in [-0.25, -0.2) is 0 Å². The summed E-state index contributed by atoms with van der Waals surface area (Å²) in [5.41, 5.74) is 3.00. The fraction of sp³-hybridized carbons (Fsp3) is 0.889. The first-order chi connectivity index (χ1) is 5.97. The van der Waals surface area contributed by atoms with Crippen LogP contribution in [0.25, 0.3) is 0 Å². The van der Waals surface area contributed by atoms with E-state index in [0.29, 0.717) is 5.92 Å². The van der Waals surface area contributed by atoms with Crippen molar-refractivity contribution in [3.8, 4) is 0 Å². The van der Waals surface area contributed by atoms with Gasteiger partial charge in [0.05, 0.1) is 0 Å². The average molecular weight is 168 g/mol. The second kappa shape index (κ2) is 3.78. The van der Waals surface area contributed by atoms with Crippen molar-refractivity contribution in [2.45, 2.75) is 44.8 Å². The number of nitrogens with one attached hydrogen (secondary N) is 1. The van der Waals surface area contributed by atoms with Gasteiger partial charge in [-0.15, -0.1) is 5.10 Å². The summed E-state index contributed by atoms with van der Waals surface area (Å²) in [5, 5.41) is 3.87. The molecule has 68 valence electrons. The molecule has 1 fully saturated rings. The molecule has 1 aliphatic carbocycles. The Bertz CT molecular complexity index is 154. The van der Waals surface area contributed by atoms with E-state index in [1.165, 1.54) is 44.9 Å². The highest BCUT2D eigenvalue weighted by atomic mass is 16.5. The summed E-state index contributed by atoms with van der Waals surface area (Å²) >= 11 is 0. The number of rotatable bonds is 1. The zero-order chi connectivity index (χ0) is 8.23. The molecule has 1 unspecified atom stereocenters. The Kier molecular flexibility index (Phi) is 2.49. The Hall–Kier alpha value is -0.730. The highest BCUT2D eigenvalue weighted by molar-refractivity contribution is 5.47. The molecule has 2 aliphatic rings. The summed E-state index contributed by atoms with van der Waals surface area (Å²) < 4.78 is 5.35. The molecule has 2 rings (SSSR count). The van der Waals surface area contributed by atoms with Crippen molar-refractivity contribution in [2.24, 2.45) is 11.0 Å². The van der Waals surface area contributed by atoms with Crippen LogP contribution in [0.15, 0.2) is 5.10 Å². The van der Waals surface area contributed by atoms with E-state index in [0.717, 1.165) is 0 Å². The van der Waals surface area contributed by atoms with E-state index in [9.17, 15) is 0 Å². The normalized spacial score (nSPS) is 30.8. The molecule has 0 saturated heterocycles. The minimum atomic E-state index is 0.170. The Morgan fingerprint density at radius 1 is 1.17 bits per heavy atom. The molecule has 12 heavy (non-hydrogen) atoms. The molecule has 0 radical (unpaired) electrons. The number of hydrazone groups is 1. The highest BCUT2D eigenvalue weighted by Gasteiger charge is 2.24. The molecule has 1 heterocycles. The molecule has 0 aromatic heterocycles. The lowest BCUT2D eigenvalue weighted by molar-refractivity contribution is 0.112. The molecule has 0 amide bonds. The van der Waals surface area contributed by atoms with E-state index < -0.39 is 0 Å². The molecule has 3 nitrogen and oxygen atoms in total. The van der Waals surface area contributed by atoms with Crippen molar-refractivity contribution in [1.82, 2.24) is 5.43 Å². The van der Waals surface area contributed by atoms with E-state index in [2.05, 4.69) is 10.5 Å². The largest absolute Gasteiger partial charge is 0.457 e. The van der Waals surface area contributed by atoms with Crippen molar-refractivity contribution in [2.75, 3.05) is 0 Å². The predicted molar refractivity (Wildman–Crippen MR) is 47.7 cm³/mol. The van der Waals surface area contributed by atoms with Crippen molar-refractivity contribution < 1.29 is 4.74 Å². The summed E-state index contributed by atoms with van der Waals surface area (Å²) in [6.07, 6.45) is 9.77. The zero-order valence-corrected chi connectivity index (χ0v) is 7.33. The van der Waals surface area contributed by atoms with Gasteiger partial charge in [0.2, 0.25) is 0 Å². The van der Waals surface area contributed by atoms with Gasteiger partial charge in [0, 0.05) is 5.92 Å². The Balaban J connectivity index is 1.84. The summed E-state index contributed by atoms with van der Waals surface area (Å²) in [5.74, 6) is 0.676. The fourth-order valence-electron chi connectivity index (χ4n) is 2.06. The van der Waals surface area contributed by atoms with Gasteiger partial charge >= 0.3 is 0 Å². The SMILES string of the molecule is C1=NNC(C2CCCCCC2)O1. The van der Waals surface area contributed by atoms with Crippen LogP contribution >= 0.6 is 0 Å². The molecule has 0 aromatic rings. The van der Waals surface area contributed by atoms with Crippen molar-refractivity contribution >= 4 is 6.40 Å². The maximum Gasteiger partial charge on any atom is 0.195 e. The molecule has 1 atom stereocenters. The lowest BCUT2D eigenvalue weighted by Crippen LogP contribution is -2.30. The summed E-state index contributed by atoms with van der Waals surface area (Å²) in [7, 11) is 0. The molecular weight excluding hydrogens is 152 g/mol. The minimum absolute atomic E-state index is 0.170. The molecule has 1 aliphatic heterocycles. The van der Waals surface area contributed by atoms with Gasteiger partial charge in [-0.1, -0.05) is 25.7 Å². The van der Waals surface area contributed by atoms with Gasteiger partial charge in [-0.2, -0.15) is 0 Å². The second-order valence-corrected chi connectivity index (χ2v) is 3.67. The third-order valence-electron chi connectivity index (χ3n) is 2.79. The van der Waals surface area contributed by atoms with Gasteiger partial charge in [0.25, 0.3) is 0 Å². The number of ether oxygens (including phenoxy) is 1. The van der Waals surface area contributed by atoms with Crippen LogP contribution in [0.2, 0.25) is 0 Å².